The third kappa shape index (κ3) is 4.27. The fourth-order valence-electron chi connectivity index (χ4n) is 7.18. The zero-order valence-corrected chi connectivity index (χ0v) is 26.2. The van der Waals surface area contributed by atoms with Gasteiger partial charge in [-0.3, -0.25) is 4.57 Å². The van der Waals surface area contributed by atoms with Crippen molar-refractivity contribution >= 4 is 150 Å². The normalized spacial score (nSPS) is 11.7. The molecule has 48 heavy (non-hydrogen) atoms. The summed E-state index contributed by atoms with van der Waals surface area (Å²) >= 11 is 0. The van der Waals surface area contributed by atoms with Gasteiger partial charge < -0.3 is 0 Å². The fraction of sp³-hybridized carbons (Fsp3) is 0.0263. The monoisotopic (exact) mass is 590 g/mol. The van der Waals surface area contributed by atoms with Gasteiger partial charge in [0, 0.05) is 5.56 Å². The average molecular weight is 589 g/mol. The molecule has 0 aliphatic heterocycles. The van der Waals surface area contributed by atoms with Gasteiger partial charge in [0.1, 0.15) is 68.6 Å². The first kappa shape index (κ1) is 30.6. The molecule has 204 valence electrons. The SMILES string of the molecule is [B]c1c([B])c([B])c2c(-c3ccccc3-n3c(C)nc4ccccc43)c3c([B])c([B])c([B])c([B])c3c(-c3ccc4ccccc4c3)c2c1[B]. The lowest BCUT2D eigenvalue weighted by atomic mass is 9.59. The lowest BCUT2D eigenvalue weighted by Crippen LogP contribution is -2.50. The number of aromatic nitrogens is 2. The summed E-state index contributed by atoms with van der Waals surface area (Å²) in [5.74, 6) is 0.789. The summed E-state index contributed by atoms with van der Waals surface area (Å²) in [6.07, 6.45) is 0. The van der Waals surface area contributed by atoms with Gasteiger partial charge in [0.2, 0.25) is 0 Å². The maximum atomic E-state index is 6.99. The minimum Gasteiger partial charge on any atom is -0.296 e. The highest BCUT2D eigenvalue weighted by atomic mass is 15.1. The van der Waals surface area contributed by atoms with Gasteiger partial charge in [0.15, 0.2) is 0 Å². The van der Waals surface area contributed by atoms with E-state index in [9.17, 15) is 0 Å². The number of para-hydroxylation sites is 3. The standard InChI is InChI=1S/C38H18B8N2/c1-17-47-22-11-5-7-13-24(22)48(17)23-12-6-4-10-21(23)26-29-27(31(39)35(43)37(45)33(29)41)25(20-15-14-18-8-2-3-9-19(18)16-20)28-30(26)34(42)38(46)36(44)32(28)40/h2-16H,1H3. The molecular formula is C38H18B8N2. The molecule has 0 bridgehead atoms. The predicted octanol–water partition coefficient (Wildman–Crippen LogP) is 0.478. The molecule has 7 aromatic carbocycles. The zero-order chi connectivity index (χ0) is 33.6. The molecule has 0 fully saturated rings. The van der Waals surface area contributed by atoms with Crippen molar-refractivity contribution < 1.29 is 0 Å². The number of imidazole rings is 1. The van der Waals surface area contributed by atoms with Crippen LogP contribution in [0, 0.1) is 6.92 Å². The summed E-state index contributed by atoms with van der Waals surface area (Å²) in [6, 6.07) is 30.1. The topological polar surface area (TPSA) is 17.8 Å². The third-order valence-corrected chi connectivity index (χ3v) is 9.50. The Bertz CT molecular complexity index is 2600. The smallest absolute Gasteiger partial charge is 0.113 e. The summed E-state index contributed by atoms with van der Waals surface area (Å²) in [6.45, 7) is 1.96. The second-order valence-corrected chi connectivity index (χ2v) is 12.1. The van der Waals surface area contributed by atoms with E-state index in [0.717, 1.165) is 44.4 Å². The maximum absolute atomic E-state index is 6.99. The van der Waals surface area contributed by atoms with E-state index in [2.05, 4.69) is 10.6 Å². The number of hydrogen-bond acceptors (Lipinski definition) is 1. The number of rotatable bonds is 3. The second kappa shape index (κ2) is 11.2. The van der Waals surface area contributed by atoms with Gasteiger partial charge in [-0.05, 0) is 80.2 Å². The van der Waals surface area contributed by atoms with Crippen LogP contribution in [0.25, 0.3) is 71.3 Å². The number of hydrogen-bond donors (Lipinski definition) is 0. The summed E-state index contributed by atoms with van der Waals surface area (Å²) in [5, 5.41) is 4.37. The summed E-state index contributed by atoms with van der Waals surface area (Å²) in [7, 11) is 54.3. The molecule has 8 rings (SSSR count). The molecule has 1 aromatic heterocycles. The Morgan fingerprint density at radius 2 is 0.979 bits per heavy atom. The molecule has 0 saturated heterocycles. The maximum Gasteiger partial charge on any atom is 0.113 e. The Morgan fingerprint density at radius 1 is 0.479 bits per heavy atom. The molecule has 0 atom stereocenters. The Labute approximate surface area is 290 Å². The van der Waals surface area contributed by atoms with Crippen LogP contribution >= 0.6 is 0 Å². The molecule has 0 spiro atoms. The number of aryl methyl sites for hydroxylation is 1. The van der Waals surface area contributed by atoms with Crippen molar-refractivity contribution in [2.45, 2.75) is 6.92 Å². The van der Waals surface area contributed by atoms with E-state index in [4.69, 9.17) is 67.8 Å². The van der Waals surface area contributed by atoms with Crippen LogP contribution in [0.3, 0.4) is 0 Å². The van der Waals surface area contributed by atoms with Crippen molar-refractivity contribution in [2.75, 3.05) is 0 Å². The van der Waals surface area contributed by atoms with Crippen LogP contribution in [-0.4, -0.2) is 72.3 Å². The van der Waals surface area contributed by atoms with Gasteiger partial charge >= 0.3 is 0 Å². The molecule has 2 nitrogen and oxygen atoms in total. The molecule has 16 radical (unpaired) electrons. The molecule has 0 amide bonds. The Balaban J connectivity index is 1.67. The Kier molecular flexibility index (Phi) is 7.14. The zero-order valence-electron chi connectivity index (χ0n) is 26.2. The molecule has 8 aromatic rings. The van der Waals surface area contributed by atoms with E-state index < -0.39 is 0 Å². The molecule has 1 heterocycles. The summed E-state index contributed by atoms with van der Waals surface area (Å²) in [4.78, 5) is 4.84. The van der Waals surface area contributed by atoms with E-state index in [1.165, 1.54) is 0 Å². The summed E-state index contributed by atoms with van der Waals surface area (Å²) in [5.41, 5.74) is 7.22. The molecule has 0 aliphatic rings. The van der Waals surface area contributed by atoms with E-state index in [-0.39, 0.29) is 43.7 Å². The van der Waals surface area contributed by atoms with E-state index in [1.807, 2.05) is 91.9 Å². The Hall–Kier alpha value is -4.69. The van der Waals surface area contributed by atoms with Crippen LogP contribution < -0.4 is 43.7 Å². The third-order valence-electron chi connectivity index (χ3n) is 9.50. The van der Waals surface area contributed by atoms with Crippen LogP contribution in [0.4, 0.5) is 0 Å². The highest BCUT2D eigenvalue weighted by molar-refractivity contribution is 6.71. The minimum atomic E-state index is 0.168. The first-order valence-electron chi connectivity index (χ1n) is 15.4. The van der Waals surface area contributed by atoms with E-state index in [1.54, 1.807) is 0 Å². The van der Waals surface area contributed by atoms with Crippen molar-refractivity contribution in [2.24, 2.45) is 0 Å². The Morgan fingerprint density at radius 3 is 1.60 bits per heavy atom. The molecule has 0 unspecified atom stereocenters. The quantitative estimate of drug-likeness (QED) is 0.217. The van der Waals surface area contributed by atoms with Crippen molar-refractivity contribution in [3.05, 3.63) is 96.8 Å². The fourth-order valence-corrected chi connectivity index (χ4v) is 7.18. The number of nitrogens with zero attached hydrogens (tertiary/aromatic N) is 2. The van der Waals surface area contributed by atoms with Crippen LogP contribution in [0.2, 0.25) is 0 Å². The van der Waals surface area contributed by atoms with Gasteiger partial charge in [0.25, 0.3) is 0 Å². The van der Waals surface area contributed by atoms with Gasteiger partial charge in [-0.2, -0.15) is 0 Å². The number of fused-ring (bicyclic) bond motifs is 4. The van der Waals surface area contributed by atoms with Crippen LogP contribution in [0.5, 0.6) is 0 Å². The first-order valence-corrected chi connectivity index (χ1v) is 15.4. The van der Waals surface area contributed by atoms with Crippen molar-refractivity contribution in [3.63, 3.8) is 0 Å². The lowest BCUT2D eigenvalue weighted by molar-refractivity contribution is 1.00. The van der Waals surface area contributed by atoms with Crippen LogP contribution in [-0.2, 0) is 0 Å². The highest BCUT2D eigenvalue weighted by Gasteiger charge is 2.26. The average Bonchev–Trinajstić information content (AvgIpc) is 3.45. The van der Waals surface area contributed by atoms with Crippen molar-refractivity contribution in [1.29, 1.82) is 0 Å². The highest BCUT2D eigenvalue weighted by Crippen LogP contribution is 2.43. The molecular weight excluding hydrogens is 571 g/mol. The second-order valence-electron chi connectivity index (χ2n) is 12.1. The van der Waals surface area contributed by atoms with Gasteiger partial charge in [-0.25, -0.2) is 4.98 Å². The number of benzene rings is 7. The predicted molar refractivity (Wildman–Crippen MR) is 212 cm³/mol. The first-order chi connectivity index (χ1) is 23.1. The van der Waals surface area contributed by atoms with E-state index in [0.29, 0.717) is 32.7 Å². The van der Waals surface area contributed by atoms with Crippen LogP contribution in [0.1, 0.15) is 5.82 Å². The van der Waals surface area contributed by atoms with Gasteiger partial charge in [-0.1, -0.05) is 88.6 Å². The molecule has 0 aliphatic carbocycles. The van der Waals surface area contributed by atoms with Crippen LogP contribution in [0.15, 0.2) is 91.0 Å². The van der Waals surface area contributed by atoms with Gasteiger partial charge in [0.05, 0.1) is 16.7 Å². The lowest BCUT2D eigenvalue weighted by Gasteiger charge is -2.29. The van der Waals surface area contributed by atoms with E-state index >= 15 is 0 Å². The van der Waals surface area contributed by atoms with Gasteiger partial charge in [-0.15, -0.1) is 21.9 Å². The molecule has 0 saturated carbocycles. The largest absolute Gasteiger partial charge is 0.296 e. The molecule has 0 N–H and O–H groups in total. The molecule has 10 heteroatoms. The van der Waals surface area contributed by atoms with Crippen molar-refractivity contribution in [3.8, 4) is 27.9 Å². The van der Waals surface area contributed by atoms with Crippen molar-refractivity contribution in [1.82, 2.24) is 9.55 Å². The summed E-state index contributed by atoms with van der Waals surface area (Å²) < 4.78 is 2.10. The minimum absolute atomic E-state index is 0.168.